The minimum atomic E-state index is -0.381. The van der Waals surface area contributed by atoms with E-state index >= 15 is 0 Å². The fourth-order valence-corrected chi connectivity index (χ4v) is 3.20. The maximum absolute atomic E-state index is 11.6. The fraction of sp³-hybridized carbons (Fsp3) is 0.684. The van der Waals surface area contributed by atoms with Gasteiger partial charge in [0.15, 0.2) is 5.96 Å². The molecule has 0 atom stereocenters. The van der Waals surface area contributed by atoms with E-state index in [2.05, 4.69) is 20.5 Å². The van der Waals surface area contributed by atoms with Gasteiger partial charge in [0.25, 0.3) is 0 Å². The van der Waals surface area contributed by atoms with Crippen LogP contribution in [0.5, 0.6) is 0 Å². The van der Waals surface area contributed by atoms with Gasteiger partial charge < -0.3 is 24.7 Å². The van der Waals surface area contributed by atoms with Gasteiger partial charge in [-0.2, -0.15) is 0 Å². The highest BCUT2D eigenvalue weighted by Crippen LogP contribution is 2.15. The van der Waals surface area contributed by atoms with E-state index in [4.69, 9.17) is 9.15 Å². The number of furan rings is 1. The summed E-state index contributed by atoms with van der Waals surface area (Å²) in [6, 6.07) is 1.71. The zero-order valence-corrected chi connectivity index (χ0v) is 19.0. The number of esters is 1. The van der Waals surface area contributed by atoms with E-state index in [1.54, 1.807) is 20.0 Å². The van der Waals surface area contributed by atoms with Crippen LogP contribution in [-0.4, -0.2) is 57.2 Å². The van der Waals surface area contributed by atoms with Crippen LogP contribution in [0.2, 0.25) is 0 Å². The Balaban J connectivity index is 0.00000364. The minimum absolute atomic E-state index is 0. The summed E-state index contributed by atoms with van der Waals surface area (Å²) in [4.78, 5) is 18.4. The predicted molar refractivity (Wildman–Crippen MR) is 118 cm³/mol. The third-order valence-corrected chi connectivity index (χ3v) is 4.67. The molecule has 2 heterocycles. The van der Waals surface area contributed by atoms with Crippen LogP contribution in [0.15, 0.2) is 15.5 Å². The lowest BCUT2D eigenvalue weighted by Crippen LogP contribution is -2.38. The first-order valence-electron chi connectivity index (χ1n) is 9.48. The number of rotatable bonds is 7. The van der Waals surface area contributed by atoms with Crippen LogP contribution in [0.3, 0.4) is 0 Å². The van der Waals surface area contributed by atoms with Crippen molar-refractivity contribution in [1.29, 1.82) is 0 Å². The molecule has 0 amide bonds. The minimum Gasteiger partial charge on any atom is -0.465 e. The van der Waals surface area contributed by atoms with Crippen molar-refractivity contribution in [1.82, 2.24) is 15.5 Å². The third kappa shape index (κ3) is 8.08. The first-order chi connectivity index (χ1) is 12.6. The molecule has 2 N–H and O–H groups in total. The number of methoxy groups -OCH3 is 1. The molecule has 2 rings (SSSR count). The molecule has 27 heavy (non-hydrogen) atoms. The van der Waals surface area contributed by atoms with Crippen molar-refractivity contribution in [3.63, 3.8) is 0 Å². The summed E-state index contributed by atoms with van der Waals surface area (Å²) in [6.07, 6.45) is 6.48. The van der Waals surface area contributed by atoms with Gasteiger partial charge in [0, 0.05) is 13.6 Å². The summed E-state index contributed by atoms with van der Waals surface area (Å²) in [6.45, 7) is 6.68. The second-order valence-electron chi connectivity index (χ2n) is 6.64. The average molecular weight is 492 g/mol. The molecule has 0 bridgehead atoms. The van der Waals surface area contributed by atoms with E-state index in [-0.39, 0.29) is 29.9 Å². The Bertz CT molecular complexity index is 596. The van der Waals surface area contributed by atoms with Crippen molar-refractivity contribution in [3.8, 4) is 0 Å². The zero-order chi connectivity index (χ0) is 18.8. The molecule has 7 nitrogen and oxygen atoms in total. The molecule has 1 aliphatic rings. The number of ether oxygens (including phenoxy) is 1. The molecule has 0 radical (unpaired) electrons. The Kier molecular flexibility index (Phi) is 11.4. The van der Waals surface area contributed by atoms with E-state index in [9.17, 15) is 4.79 Å². The van der Waals surface area contributed by atoms with Crippen LogP contribution < -0.4 is 10.6 Å². The molecule has 1 fully saturated rings. The smallest absolute Gasteiger partial charge is 0.341 e. The van der Waals surface area contributed by atoms with Gasteiger partial charge in [-0.25, -0.2) is 4.79 Å². The highest BCUT2D eigenvalue weighted by atomic mass is 127. The first kappa shape index (κ1) is 23.7. The standard InChI is InChI=1S/C19H32N4O3.HI/c1-15-17(18(24)25-3)13-16(26-15)14-22-19(20-2)21-9-8-12-23-10-6-4-5-7-11-23;/h13H,4-12,14H2,1-3H3,(H2,20,21,22);1H. The molecule has 0 spiro atoms. The molecule has 1 aromatic rings. The van der Waals surface area contributed by atoms with E-state index in [0.29, 0.717) is 23.6 Å². The van der Waals surface area contributed by atoms with Crippen LogP contribution in [-0.2, 0) is 11.3 Å². The summed E-state index contributed by atoms with van der Waals surface area (Å²) in [7, 11) is 3.11. The van der Waals surface area contributed by atoms with Crippen LogP contribution in [0.1, 0.15) is 54.0 Å². The molecule has 0 aliphatic carbocycles. The largest absolute Gasteiger partial charge is 0.465 e. The van der Waals surface area contributed by atoms with Crippen LogP contribution in [0, 0.1) is 6.92 Å². The SMILES string of the molecule is CN=C(NCCCN1CCCCCC1)NCc1cc(C(=O)OC)c(C)o1.I. The van der Waals surface area contributed by atoms with Gasteiger partial charge in [0.2, 0.25) is 0 Å². The van der Waals surface area contributed by atoms with Gasteiger partial charge in [-0.05, 0) is 51.9 Å². The number of carbonyl (C=O) groups is 1. The van der Waals surface area contributed by atoms with Gasteiger partial charge in [-0.1, -0.05) is 12.8 Å². The summed E-state index contributed by atoms with van der Waals surface area (Å²) < 4.78 is 10.3. The lowest BCUT2D eigenvalue weighted by Gasteiger charge is -2.20. The summed E-state index contributed by atoms with van der Waals surface area (Å²) >= 11 is 0. The quantitative estimate of drug-likeness (QED) is 0.200. The Morgan fingerprint density at radius 2 is 1.96 bits per heavy atom. The summed E-state index contributed by atoms with van der Waals surface area (Å²) in [5.41, 5.74) is 0.463. The Morgan fingerprint density at radius 3 is 2.59 bits per heavy atom. The predicted octanol–water partition coefficient (Wildman–Crippen LogP) is 2.92. The molecule has 0 saturated carbocycles. The van der Waals surface area contributed by atoms with Gasteiger partial charge >= 0.3 is 5.97 Å². The van der Waals surface area contributed by atoms with Crippen molar-refractivity contribution in [2.75, 3.05) is 40.3 Å². The number of carbonyl (C=O) groups excluding carboxylic acids is 1. The molecular formula is C19H33IN4O3. The highest BCUT2D eigenvalue weighted by Gasteiger charge is 2.15. The second-order valence-corrected chi connectivity index (χ2v) is 6.64. The van der Waals surface area contributed by atoms with Crippen molar-refractivity contribution < 1.29 is 13.9 Å². The normalized spacial score (nSPS) is 15.6. The van der Waals surface area contributed by atoms with E-state index in [1.807, 2.05) is 0 Å². The lowest BCUT2D eigenvalue weighted by atomic mass is 10.2. The van der Waals surface area contributed by atoms with Crippen molar-refractivity contribution in [3.05, 3.63) is 23.2 Å². The van der Waals surface area contributed by atoms with Crippen molar-refractivity contribution in [2.24, 2.45) is 4.99 Å². The molecule has 154 valence electrons. The molecule has 1 aromatic heterocycles. The number of aliphatic imine (C=N–C) groups is 1. The average Bonchev–Trinajstić information content (AvgIpc) is 2.85. The number of hydrogen-bond acceptors (Lipinski definition) is 5. The van der Waals surface area contributed by atoms with E-state index in [1.165, 1.54) is 45.9 Å². The number of aryl methyl sites for hydroxylation is 1. The highest BCUT2D eigenvalue weighted by molar-refractivity contribution is 14.0. The molecular weight excluding hydrogens is 459 g/mol. The van der Waals surface area contributed by atoms with Gasteiger partial charge in [0.05, 0.1) is 13.7 Å². The van der Waals surface area contributed by atoms with Crippen LogP contribution in [0.4, 0.5) is 0 Å². The van der Waals surface area contributed by atoms with Crippen molar-refractivity contribution in [2.45, 2.75) is 45.6 Å². The van der Waals surface area contributed by atoms with Crippen LogP contribution >= 0.6 is 24.0 Å². The van der Waals surface area contributed by atoms with Crippen LogP contribution in [0.25, 0.3) is 0 Å². The number of hydrogen-bond donors (Lipinski definition) is 2. The molecule has 0 aromatic carbocycles. The van der Waals surface area contributed by atoms with Gasteiger partial charge in [-0.15, -0.1) is 24.0 Å². The molecule has 1 aliphatic heterocycles. The maximum atomic E-state index is 11.6. The summed E-state index contributed by atoms with van der Waals surface area (Å²) in [5, 5.41) is 6.54. The Labute approximate surface area is 179 Å². The number of halogens is 1. The second kappa shape index (κ2) is 13.0. The van der Waals surface area contributed by atoms with Gasteiger partial charge in [0.1, 0.15) is 17.1 Å². The number of likely N-dealkylation sites (tertiary alicyclic amines) is 1. The lowest BCUT2D eigenvalue weighted by molar-refractivity contribution is 0.0599. The zero-order valence-electron chi connectivity index (χ0n) is 16.7. The van der Waals surface area contributed by atoms with Crippen molar-refractivity contribution >= 4 is 35.9 Å². The molecule has 0 unspecified atom stereocenters. The Morgan fingerprint density at radius 1 is 1.26 bits per heavy atom. The number of nitrogens with one attached hydrogen (secondary N) is 2. The van der Waals surface area contributed by atoms with Gasteiger partial charge in [-0.3, -0.25) is 4.99 Å². The molecule has 8 heteroatoms. The first-order valence-corrected chi connectivity index (χ1v) is 9.48. The number of nitrogens with zero attached hydrogens (tertiary/aromatic N) is 2. The van der Waals surface area contributed by atoms with E-state index in [0.717, 1.165) is 25.5 Å². The Hall–Kier alpha value is -1.29. The number of guanidine groups is 1. The fourth-order valence-electron chi connectivity index (χ4n) is 3.20. The molecule has 1 saturated heterocycles. The monoisotopic (exact) mass is 492 g/mol. The summed E-state index contributed by atoms with van der Waals surface area (Å²) in [5.74, 6) is 1.59. The topological polar surface area (TPSA) is 79.1 Å². The third-order valence-electron chi connectivity index (χ3n) is 4.67. The van der Waals surface area contributed by atoms with E-state index < -0.39 is 0 Å². The maximum Gasteiger partial charge on any atom is 0.341 e.